The average Bonchev–Trinajstić information content (AvgIpc) is 2.95. The molecule has 1 aliphatic carbocycles. The molecule has 0 unspecified atom stereocenters. The zero-order valence-corrected chi connectivity index (χ0v) is 13.8. The topological polar surface area (TPSA) is 59.3 Å². The van der Waals surface area contributed by atoms with E-state index in [1.54, 1.807) is 36.4 Å². The Labute approximate surface area is 145 Å². The zero-order chi connectivity index (χ0) is 16.8. The van der Waals surface area contributed by atoms with Gasteiger partial charge in [-0.05, 0) is 24.3 Å². The summed E-state index contributed by atoms with van der Waals surface area (Å²) < 4.78 is 2.40. The molecule has 1 aliphatic heterocycles. The number of thiophene rings is 1. The van der Waals surface area contributed by atoms with Crippen LogP contribution in [0.25, 0.3) is 27.0 Å². The highest BCUT2D eigenvalue weighted by molar-refractivity contribution is 7.17. The average molecular weight is 356 g/mol. The van der Waals surface area contributed by atoms with Crippen LogP contribution in [-0.4, -0.2) is 15.6 Å². The van der Waals surface area contributed by atoms with Crippen LogP contribution in [0.4, 0.5) is 0 Å². The van der Waals surface area contributed by atoms with Gasteiger partial charge in [-0.2, -0.15) is 0 Å². The summed E-state index contributed by atoms with van der Waals surface area (Å²) >= 11 is 7.49. The van der Waals surface area contributed by atoms with E-state index in [1.165, 1.54) is 15.9 Å². The summed E-state index contributed by atoms with van der Waals surface area (Å²) in [6.45, 7) is 0. The largest absolute Gasteiger partial charge is 0.477 e. The molecule has 1 aromatic carbocycles. The lowest BCUT2D eigenvalue weighted by atomic mass is 10.1. The Kier molecular flexibility index (Phi) is 3.40. The molecule has 1 aromatic heterocycles. The van der Waals surface area contributed by atoms with Gasteiger partial charge < -0.3 is 5.11 Å². The first-order valence-electron chi connectivity index (χ1n) is 7.12. The van der Waals surface area contributed by atoms with Crippen LogP contribution in [0, 0.1) is 0 Å². The fourth-order valence-electron chi connectivity index (χ4n) is 2.89. The number of nitrogens with zero attached hydrogens (tertiary/aromatic N) is 1. The molecule has 0 bridgehead atoms. The monoisotopic (exact) mass is 355 g/mol. The summed E-state index contributed by atoms with van der Waals surface area (Å²) in [5, 5.41) is 12.8. The van der Waals surface area contributed by atoms with Gasteiger partial charge in [-0.1, -0.05) is 35.9 Å². The molecule has 0 radical (unpaired) electrons. The molecule has 2 aliphatic rings. The number of hydrogen-bond acceptors (Lipinski definition) is 3. The molecule has 0 spiro atoms. The maximum Gasteiger partial charge on any atom is 0.342 e. The van der Waals surface area contributed by atoms with Gasteiger partial charge in [0.1, 0.15) is 5.56 Å². The van der Waals surface area contributed by atoms with E-state index in [0.717, 1.165) is 10.1 Å². The normalized spacial score (nSPS) is 11.2. The van der Waals surface area contributed by atoms with Gasteiger partial charge in [0.15, 0.2) is 0 Å². The molecule has 4 nitrogen and oxygen atoms in total. The lowest BCUT2D eigenvalue weighted by molar-refractivity contribution is 0.0696. The maximum atomic E-state index is 12.8. The highest BCUT2D eigenvalue weighted by Crippen LogP contribution is 2.34. The van der Waals surface area contributed by atoms with E-state index < -0.39 is 11.5 Å². The molecule has 118 valence electrons. The SMILES string of the molecule is O=C(O)c1c2cccccc-2n(-c2csc3cc(Cl)ccc23)c1=O. The minimum atomic E-state index is -1.22. The molecule has 2 aromatic rings. The third-order valence-electron chi connectivity index (χ3n) is 3.91. The Bertz CT molecular complexity index is 1130. The molecule has 0 saturated carbocycles. The standard InChI is InChI=1S/C18H10ClNO3S/c19-10-6-7-11-14(9-24-15(11)8-10)20-13-5-3-1-2-4-12(13)16(17(20)21)18(22)23/h1-9H,(H,22,23). The number of fused-ring (bicyclic) bond motifs is 2. The summed E-state index contributed by atoms with van der Waals surface area (Å²) in [5.74, 6) is -1.22. The number of hydrogen-bond donors (Lipinski definition) is 1. The van der Waals surface area contributed by atoms with Crippen molar-refractivity contribution in [3.8, 4) is 16.9 Å². The first kappa shape index (κ1) is 14.9. The van der Waals surface area contributed by atoms with Crippen LogP contribution < -0.4 is 5.56 Å². The first-order valence-corrected chi connectivity index (χ1v) is 8.38. The number of rotatable bonds is 2. The van der Waals surface area contributed by atoms with Crippen molar-refractivity contribution in [2.75, 3.05) is 0 Å². The fraction of sp³-hybridized carbons (Fsp3) is 0. The van der Waals surface area contributed by atoms with Gasteiger partial charge in [-0.3, -0.25) is 9.36 Å². The number of halogens is 1. The molecule has 0 atom stereocenters. The van der Waals surface area contributed by atoms with Crippen LogP contribution in [0.2, 0.25) is 5.02 Å². The number of aromatic nitrogens is 1. The van der Waals surface area contributed by atoms with E-state index in [0.29, 0.717) is 22.0 Å². The Morgan fingerprint density at radius 3 is 2.71 bits per heavy atom. The minimum absolute atomic E-state index is 0.213. The minimum Gasteiger partial charge on any atom is -0.477 e. The van der Waals surface area contributed by atoms with Gasteiger partial charge >= 0.3 is 5.97 Å². The molecule has 24 heavy (non-hydrogen) atoms. The Morgan fingerprint density at radius 1 is 1.12 bits per heavy atom. The van der Waals surface area contributed by atoms with Crippen molar-refractivity contribution in [2.24, 2.45) is 0 Å². The van der Waals surface area contributed by atoms with Crippen LogP contribution >= 0.6 is 22.9 Å². The molecule has 0 amide bonds. The fourth-order valence-corrected chi connectivity index (χ4v) is 4.09. The highest BCUT2D eigenvalue weighted by Gasteiger charge is 2.26. The van der Waals surface area contributed by atoms with Crippen molar-refractivity contribution in [3.63, 3.8) is 0 Å². The van der Waals surface area contributed by atoms with Gasteiger partial charge in [-0.15, -0.1) is 11.3 Å². The van der Waals surface area contributed by atoms with Gasteiger partial charge in [0.25, 0.3) is 5.56 Å². The molecule has 6 heteroatoms. The van der Waals surface area contributed by atoms with E-state index in [9.17, 15) is 14.7 Å². The first-order chi connectivity index (χ1) is 11.6. The van der Waals surface area contributed by atoms with Crippen molar-refractivity contribution in [1.82, 2.24) is 4.57 Å². The third-order valence-corrected chi connectivity index (χ3v) is 5.08. The van der Waals surface area contributed by atoms with E-state index in [-0.39, 0.29) is 5.56 Å². The highest BCUT2D eigenvalue weighted by atomic mass is 35.5. The smallest absolute Gasteiger partial charge is 0.342 e. The van der Waals surface area contributed by atoms with Crippen molar-refractivity contribution in [3.05, 3.63) is 74.9 Å². The van der Waals surface area contributed by atoms with Crippen LogP contribution in [0.15, 0.2) is 58.7 Å². The third kappa shape index (κ3) is 2.13. The molecular weight excluding hydrogens is 346 g/mol. The number of carbonyl (C=O) groups is 1. The van der Waals surface area contributed by atoms with Crippen LogP contribution in [0.3, 0.4) is 0 Å². The van der Waals surface area contributed by atoms with E-state index in [4.69, 9.17) is 11.6 Å². The molecular formula is C18H10ClNO3S. The van der Waals surface area contributed by atoms with E-state index in [1.807, 2.05) is 17.5 Å². The number of aromatic carboxylic acids is 1. The summed E-state index contributed by atoms with van der Waals surface area (Å²) in [7, 11) is 0. The Balaban J connectivity index is 2.13. The summed E-state index contributed by atoms with van der Waals surface area (Å²) in [6.07, 6.45) is 0. The number of carboxylic acids is 1. The van der Waals surface area contributed by atoms with E-state index in [2.05, 4.69) is 0 Å². The second-order valence-electron chi connectivity index (χ2n) is 5.29. The summed E-state index contributed by atoms with van der Waals surface area (Å²) in [4.78, 5) is 24.4. The Hall–Kier alpha value is -2.63. The van der Waals surface area contributed by atoms with Crippen molar-refractivity contribution < 1.29 is 9.90 Å². The molecule has 0 saturated heterocycles. The molecule has 4 rings (SSSR count). The number of carboxylic acid groups (broad SMARTS) is 1. The van der Waals surface area contributed by atoms with Crippen LogP contribution in [0.1, 0.15) is 10.4 Å². The van der Waals surface area contributed by atoms with Gasteiger partial charge in [0, 0.05) is 26.1 Å². The van der Waals surface area contributed by atoms with E-state index >= 15 is 0 Å². The quantitative estimate of drug-likeness (QED) is 0.575. The lowest BCUT2D eigenvalue weighted by Gasteiger charge is -2.04. The number of benzene rings is 1. The van der Waals surface area contributed by atoms with Crippen LogP contribution in [0.5, 0.6) is 0 Å². The molecule has 1 N–H and O–H groups in total. The zero-order valence-electron chi connectivity index (χ0n) is 12.2. The predicted molar refractivity (Wildman–Crippen MR) is 96.0 cm³/mol. The van der Waals surface area contributed by atoms with Gasteiger partial charge in [0.05, 0.1) is 11.4 Å². The maximum absolute atomic E-state index is 12.8. The van der Waals surface area contributed by atoms with Gasteiger partial charge in [0.2, 0.25) is 0 Å². The molecule has 2 heterocycles. The van der Waals surface area contributed by atoms with Crippen molar-refractivity contribution >= 4 is 39.0 Å². The summed E-state index contributed by atoms with van der Waals surface area (Å²) in [6, 6.07) is 14.2. The molecule has 0 fully saturated rings. The van der Waals surface area contributed by atoms with Crippen LogP contribution in [-0.2, 0) is 0 Å². The van der Waals surface area contributed by atoms with Crippen molar-refractivity contribution in [2.45, 2.75) is 0 Å². The Morgan fingerprint density at radius 2 is 1.92 bits per heavy atom. The summed E-state index contributed by atoms with van der Waals surface area (Å²) in [5.41, 5.74) is 0.913. The lowest BCUT2D eigenvalue weighted by Crippen LogP contribution is -2.18. The second-order valence-corrected chi connectivity index (χ2v) is 6.64. The van der Waals surface area contributed by atoms with Crippen molar-refractivity contribution in [1.29, 1.82) is 0 Å². The second kappa shape index (κ2) is 5.47. The predicted octanol–water partition coefficient (Wildman–Crippen LogP) is 4.51. The van der Waals surface area contributed by atoms with Gasteiger partial charge in [-0.25, -0.2) is 4.79 Å².